The van der Waals surface area contributed by atoms with Gasteiger partial charge in [0.15, 0.2) is 0 Å². The number of hydrogen-bond donors (Lipinski definition) is 2. The Morgan fingerprint density at radius 2 is 1.65 bits per heavy atom. The summed E-state index contributed by atoms with van der Waals surface area (Å²) in [5.74, 6) is 0.376. The number of ether oxygens (including phenoxy) is 1. The second-order valence-corrected chi connectivity index (χ2v) is 6.78. The molecule has 0 unspecified atom stereocenters. The highest BCUT2D eigenvalue weighted by molar-refractivity contribution is 5.90. The number of hydrogen-bond acceptors (Lipinski definition) is 3. The van der Waals surface area contributed by atoms with Crippen LogP contribution in [0.15, 0.2) is 54.6 Å². The molecular weight excluding hydrogens is 348 g/mol. The molecule has 0 aliphatic heterocycles. The van der Waals surface area contributed by atoms with Crippen molar-refractivity contribution in [2.45, 2.75) is 44.9 Å². The number of rotatable bonds is 7. The molecule has 4 nitrogen and oxygen atoms in total. The van der Waals surface area contributed by atoms with Gasteiger partial charge in [-0.1, -0.05) is 48.9 Å². The van der Waals surface area contributed by atoms with Gasteiger partial charge in [0.25, 0.3) is 0 Å². The zero-order valence-corrected chi connectivity index (χ0v) is 15.7. The summed E-state index contributed by atoms with van der Waals surface area (Å²) in [6, 6.07) is 18.1. The average Bonchev–Trinajstić information content (AvgIpc) is 3.02. The molecule has 3 N–H and O–H groups in total. The molecule has 140 valence electrons. The highest BCUT2D eigenvalue weighted by Crippen LogP contribution is 2.27. The standard InChI is InChI=1S/C21H26N2O2.ClH/c22-20-8-4-7-18(20)13-21(24)23-19-11-9-17(10-12-19)15-25-14-16-5-2-1-3-6-16;/h1-3,5-6,9-12,18,20H,4,7-8,13-15,22H2,(H,23,24);1H/t18-,20+;/m0./s1. The number of amides is 1. The minimum absolute atomic E-state index is 0. The third-order valence-electron chi connectivity index (χ3n) is 4.78. The maximum absolute atomic E-state index is 12.1. The minimum atomic E-state index is 0. The largest absolute Gasteiger partial charge is 0.372 e. The number of carbonyl (C=O) groups excluding carboxylic acids is 1. The van der Waals surface area contributed by atoms with Crippen LogP contribution in [0.25, 0.3) is 0 Å². The Kier molecular flexibility index (Phi) is 8.10. The van der Waals surface area contributed by atoms with Gasteiger partial charge in [-0.15, -0.1) is 12.4 Å². The van der Waals surface area contributed by atoms with Crippen LogP contribution in [0.3, 0.4) is 0 Å². The molecule has 0 heterocycles. The van der Waals surface area contributed by atoms with E-state index < -0.39 is 0 Å². The molecule has 0 radical (unpaired) electrons. The third kappa shape index (κ3) is 6.13. The van der Waals surface area contributed by atoms with Crippen LogP contribution in [0.1, 0.15) is 36.8 Å². The van der Waals surface area contributed by atoms with Crippen LogP contribution in [0.4, 0.5) is 5.69 Å². The van der Waals surface area contributed by atoms with E-state index in [1.54, 1.807) is 0 Å². The highest BCUT2D eigenvalue weighted by Gasteiger charge is 2.25. The molecule has 1 fully saturated rings. The number of carbonyl (C=O) groups is 1. The molecule has 0 saturated heterocycles. The first-order chi connectivity index (χ1) is 12.2. The molecule has 5 heteroatoms. The Balaban J connectivity index is 0.00000243. The second kappa shape index (κ2) is 10.3. The summed E-state index contributed by atoms with van der Waals surface area (Å²) >= 11 is 0. The topological polar surface area (TPSA) is 64.4 Å². The minimum Gasteiger partial charge on any atom is -0.372 e. The van der Waals surface area contributed by atoms with Crippen LogP contribution in [-0.2, 0) is 22.7 Å². The van der Waals surface area contributed by atoms with Crippen molar-refractivity contribution in [2.75, 3.05) is 5.32 Å². The van der Waals surface area contributed by atoms with Crippen molar-refractivity contribution in [2.24, 2.45) is 11.7 Å². The summed E-state index contributed by atoms with van der Waals surface area (Å²) < 4.78 is 5.73. The zero-order valence-electron chi connectivity index (χ0n) is 14.9. The summed E-state index contributed by atoms with van der Waals surface area (Å²) in [7, 11) is 0. The molecule has 1 amide bonds. The van der Waals surface area contributed by atoms with Crippen LogP contribution in [0.2, 0.25) is 0 Å². The molecule has 0 spiro atoms. The first-order valence-corrected chi connectivity index (χ1v) is 8.97. The van der Waals surface area contributed by atoms with E-state index in [2.05, 4.69) is 17.4 Å². The van der Waals surface area contributed by atoms with Crippen LogP contribution >= 0.6 is 12.4 Å². The van der Waals surface area contributed by atoms with Crippen LogP contribution in [0, 0.1) is 5.92 Å². The van der Waals surface area contributed by atoms with Gasteiger partial charge < -0.3 is 15.8 Å². The fourth-order valence-corrected chi connectivity index (χ4v) is 3.31. The Labute approximate surface area is 161 Å². The van der Waals surface area contributed by atoms with Gasteiger partial charge in [0.05, 0.1) is 13.2 Å². The lowest BCUT2D eigenvalue weighted by molar-refractivity contribution is -0.117. The van der Waals surface area contributed by atoms with Gasteiger partial charge >= 0.3 is 0 Å². The summed E-state index contributed by atoms with van der Waals surface area (Å²) in [6.07, 6.45) is 3.75. The van der Waals surface area contributed by atoms with Crippen molar-refractivity contribution >= 4 is 24.0 Å². The van der Waals surface area contributed by atoms with Gasteiger partial charge in [-0.3, -0.25) is 4.79 Å². The summed E-state index contributed by atoms with van der Waals surface area (Å²) in [5.41, 5.74) is 9.11. The van der Waals surface area contributed by atoms with Crippen molar-refractivity contribution in [1.82, 2.24) is 0 Å². The molecular formula is C21H27ClN2O2. The molecule has 2 aromatic rings. The van der Waals surface area contributed by atoms with E-state index in [1.165, 1.54) is 0 Å². The first kappa shape index (κ1) is 20.4. The van der Waals surface area contributed by atoms with Gasteiger partial charge in [0.2, 0.25) is 5.91 Å². The van der Waals surface area contributed by atoms with Gasteiger partial charge in [-0.05, 0) is 42.0 Å². The predicted molar refractivity (Wildman–Crippen MR) is 107 cm³/mol. The van der Waals surface area contributed by atoms with E-state index >= 15 is 0 Å². The molecule has 26 heavy (non-hydrogen) atoms. The quantitative estimate of drug-likeness (QED) is 0.760. The lowest BCUT2D eigenvalue weighted by Crippen LogP contribution is -2.28. The SMILES string of the molecule is Cl.N[C@@H]1CCC[C@H]1CC(=O)Nc1ccc(COCc2ccccc2)cc1. The predicted octanol–water partition coefficient (Wildman–Crippen LogP) is 4.28. The van der Waals surface area contributed by atoms with E-state index in [1.807, 2.05) is 42.5 Å². The first-order valence-electron chi connectivity index (χ1n) is 8.97. The lowest BCUT2D eigenvalue weighted by Gasteiger charge is -2.15. The van der Waals surface area contributed by atoms with Gasteiger partial charge in [0.1, 0.15) is 0 Å². The second-order valence-electron chi connectivity index (χ2n) is 6.78. The molecule has 2 atom stereocenters. The van der Waals surface area contributed by atoms with Crippen molar-refractivity contribution in [3.8, 4) is 0 Å². The molecule has 1 aliphatic carbocycles. The molecule has 2 aromatic carbocycles. The zero-order chi connectivity index (χ0) is 17.5. The van der Waals surface area contributed by atoms with Gasteiger partial charge in [-0.25, -0.2) is 0 Å². The summed E-state index contributed by atoms with van der Waals surface area (Å²) in [5, 5.41) is 2.96. The number of nitrogens with two attached hydrogens (primary N) is 1. The normalized spacial score (nSPS) is 19.0. The number of halogens is 1. The fourth-order valence-electron chi connectivity index (χ4n) is 3.31. The van der Waals surface area contributed by atoms with E-state index in [0.717, 1.165) is 36.1 Å². The van der Waals surface area contributed by atoms with E-state index in [9.17, 15) is 4.79 Å². The van der Waals surface area contributed by atoms with E-state index in [-0.39, 0.29) is 24.4 Å². The monoisotopic (exact) mass is 374 g/mol. The third-order valence-corrected chi connectivity index (χ3v) is 4.78. The Morgan fingerprint density at radius 1 is 1.00 bits per heavy atom. The Morgan fingerprint density at radius 3 is 2.27 bits per heavy atom. The Hall–Kier alpha value is -1.88. The highest BCUT2D eigenvalue weighted by atomic mass is 35.5. The van der Waals surface area contributed by atoms with Crippen molar-refractivity contribution in [1.29, 1.82) is 0 Å². The maximum atomic E-state index is 12.1. The average molecular weight is 375 g/mol. The van der Waals surface area contributed by atoms with Crippen molar-refractivity contribution in [3.63, 3.8) is 0 Å². The number of nitrogens with one attached hydrogen (secondary N) is 1. The number of benzene rings is 2. The van der Waals surface area contributed by atoms with Crippen LogP contribution in [-0.4, -0.2) is 11.9 Å². The Bertz CT molecular complexity index is 676. The fraction of sp³-hybridized carbons (Fsp3) is 0.381. The van der Waals surface area contributed by atoms with E-state index in [0.29, 0.717) is 25.6 Å². The number of anilines is 1. The van der Waals surface area contributed by atoms with Crippen LogP contribution < -0.4 is 11.1 Å². The molecule has 3 rings (SSSR count). The molecule has 0 bridgehead atoms. The summed E-state index contributed by atoms with van der Waals surface area (Å²) in [6.45, 7) is 1.15. The molecule has 1 aliphatic rings. The van der Waals surface area contributed by atoms with E-state index in [4.69, 9.17) is 10.5 Å². The van der Waals surface area contributed by atoms with Gasteiger partial charge in [0, 0.05) is 18.2 Å². The summed E-state index contributed by atoms with van der Waals surface area (Å²) in [4.78, 5) is 12.1. The lowest BCUT2D eigenvalue weighted by atomic mass is 10.00. The van der Waals surface area contributed by atoms with Crippen LogP contribution in [0.5, 0.6) is 0 Å². The molecule has 1 saturated carbocycles. The maximum Gasteiger partial charge on any atom is 0.224 e. The molecule has 0 aromatic heterocycles. The van der Waals surface area contributed by atoms with Crippen molar-refractivity contribution in [3.05, 3.63) is 65.7 Å². The smallest absolute Gasteiger partial charge is 0.224 e. The van der Waals surface area contributed by atoms with Crippen molar-refractivity contribution < 1.29 is 9.53 Å². The van der Waals surface area contributed by atoms with Gasteiger partial charge in [-0.2, -0.15) is 0 Å².